The van der Waals surface area contributed by atoms with Crippen LogP contribution in [0.2, 0.25) is 5.02 Å². The zero-order valence-corrected chi connectivity index (χ0v) is 17.4. The highest BCUT2D eigenvalue weighted by molar-refractivity contribution is 6.31. The topological polar surface area (TPSA) is 78.1 Å². The molecule has 0 aliphatic rings. The van der Waals surface area contributed by atoms with Crippen molar-refractivity contribution < 1.29 is 4.79 Å². The maximum Gasteiger partial charge on any atom is 0.258 e. The van der Waals surface area contributed by atoms with Gasteiger partial charge in [-0.15, -0.1) is 0 Å². The van der Waals surface area contributed by atoms with Gasteiger partial charge < -0.3 is 10.3 Å². The molecule has 0 atom stereocenters. The van der Waals surface area contributed by atoms with Gasteiger partial charge in [0.1, 0.15) is 5.82 Å². The molecule has 3 aromatic rings. The smallest absolute Gasteiger partial charge is 0.258 e. The number of fused-ring (bicyclic) bond motifs is 1. The van der Waals surface area contributed by atoms with Crippen LogP contribution in [0.3, 0.4) is 0 Å². The molecule has 0 saturated heterocycles. The van der Waals surface area contributed by atoms with Crippen molar-refractivity contribution in [3.63, 3.8) is 0 Å². The van der Waals surface area contributed by atoms with E-state index in [1.54, 1.807) is 12.1 Å². The molecule has 0 aliphatic heterocycles. The summed E-state index contributed by atoms with van der Waals surface area (Å²) in [6.07, 6.45) is 1.95. The fourth-order valence-corrected chi connectivity index (χ4v) is 3.33. The number of nitrogens with one attached hydrogen (secondary N) is 2. The van der Waals surface area contributed by atoms with Crippen LogP contribution in [0, 0.1) is 6.92 Å². The summed E-state index contributed by atoms with van der Waals surface area (Å²) < 4.78 is 0. The Morgan fingerprint density at radius 1 is 1.21 bits per heavy atom. The first-order valence-corrected chi connectivity index (χ1v) is 10.1. The number of anilines is 1. The number of nitrogens with zero attached hydrogens (tertiary/aromatic N) is 2. The molecule has 29 heavy (non-hydrogen) atoms. The van der Waals surface area contributed by atoms with Crippen LogP contribution in [0.25, 0.3) is 10.9 Å². The average Bonchev–Trinajstić information content (AvgIpc) is 2.69. The van der Waals surface area contributed by atoms with E-state index in [4.69, 9.17) is 11.6 Å². The van der Waals surface area contributed by atoms with E-state index in [0.29, 0.717) is 34.0 Å². The van der Waals surface area contributed by atoms with Gasteiger partial charge in [-0.3, -0.25) is 14.5 Å². The van der Waals surface area contributed by atoms with E-state index in [9.17, 15) is 9.59 Å². The molecule has 152 valence electrons. The molecular weight excluding hydrogens is 388 g/mol. The Kier molecular flexibility index (Phi) is 7.01. The van der Waals surface area contributed by atoms with Crippen molar-refractivity contribution in [1.82, 2.24) is 14.9 Å². The number of H-pyrrole nitrogens is 1. The van der Waals surface area contributed by atoms with E-state index < -0.39 is 0 Å². The van der Waals surface area contributed by atoms with Gasteiger partial charge in [-0.1, -0.05) is 43.1 Å². The Hall–Kier alpha value is -2.70. The van der Waals surface area contributed by atoms with Crippen molar-refractivity contribution in [2.24, 2.45) is 0 Å². The van der Waals surface area contributed by atoms with Gasteiger partial charge in [-0.2, -0.15) is 0 Å². The number of carbonyl (C=O) groups excluding carboxylic acids is 1. The highest BCUT2D eigenvalue weighted by Crippen LogP contribution is 2.22. The quantitative estimate of drug-likeness (QED) is 0.583. The van der Waals surface area contributed by atoms with E-state index in [1.165, 1.54) is 0 Å². The van der Waals surface area contributed by atoms with Crippen LogP contribution in [-0.4, -0.2) is 33.9 Å². The van der Waals surface area contributed by atoms with Gasteiger partial charge in [0.05, 0.1) is 24.0 Å². The largest absolute Gasteiger partial charge is 0.325 e. The summed E-state index contributed by atoms with van der Waals surface area (Å²) in [7, 11) is 0. The molecule has 0 radical (unpaired) electrons. The van der Waals surface area contributed by atoms with E-state index >= 15 is 0 Å². The number of amides is 1. The van der Waals surface area contributed by atoms with Crippen LogP contribution in [0.5, 0.6) is 0 Å². The van der Waals surface area contributed by atoms with Crippen LogP contribution in [-0.2, 0) is 11.3 Å². The maximum absolute atomic E-state index is 12.6. The molecule has 3 rings (SSSR count). The predicted octanol–water partition coefficient (Wildman–Crippen LogP) is 4.13. The Morgan fingerprint density at radius 2 is 2.00 bits per heavy atom. The van der Waals surface area contributed by atoms with E-state index in [2.05, 4.69) is 22.2 Å². The third-order valence-corrected chi connectivity index (χ3v) is 5.18. The standard InChI is InChI=1S/C22H25ClN4O2/c1-3-4-12-27(14-21(28)25-18-11-7-9-17(23)15(18)2)13-20-24-19-10-6-5-8-16(19)22(29)26-20/h5-11H,3-4,12-14H2,1-2H3,(H,25,28)(H,24,26,29). The van der Waals surface area contributed by atoms with Gasteiger partial charge in [0.2, 0.25) is 5.91 Å². The molecule has 2 N–H and O–H groups in total. The van der Waals surface area contributed by atoms with Crippen LogP contribution in [0.15, 0.2) is 47.3 Å². The van der Waals surface area contributed by atoms with Crippen LogP contribution in [0.1, 0.15) is 31.2 Å². The maximum atomic E-state index is 12.6. The molecule has 1 heterocycles. The van der Waals surface area contributed by atoms with Gasteiger partial charge >= 0.3 is 0 Å². The highest BCUT2D eigenvalue weighted by atomic mass is 35.5. The molecule has 0 aliphatic carbocycles. The fourth-order valence-electron chi connectivity index (χ4n) is 3.15. The molecule has 2 aromatic carbocycles. The zero-order valence-electron chi connectivity index (χ0n) is 16.7. The summed E-state index contributed by atoms with van der Waals surface area (Å²) in [5.41, 5.74) is 2.03. The van der Waals surface area contributed by atoms with Crippen molar-refractivity contribution >= 4 is 34.1 Å². The Morgan fingerprint density at radius 3 is 2.79 bits per heavy atom. The second-order valence-electron chi connectivity index (χ2n) is 7.05. The number of halogens is 1. The molecule has 0 spiro atoms. The minimum atomic E-state index is -0.167. The summed E-state index contributed by atoms with van der Waals surface area (Å²) >= 11 is 6.14. The first-order chi connectivity index (χ1) is 14.0. The van der Waals surface area contributed by atoms with Gasteiger partial charge in [-0.25, -0.2) is 4.98 Å². The summed E-state index contributed by atoms with van der Waals surface area (Å²) in [6, 6.07) is 12.7. The highest BCUT2D eigenvalue weighted by Gasteiger charge is 2.14. The molecule has 0 unspecified atom stereocenters. The SMILES string of the molecule is CCCCN(CC(=O)Nc1cccc(Cl)c1C)Cc1nc2ccccc2c(=O)[nH]1. The summed E-state index contributed by atoms with van der Waals surface area (Å²) in [4.78, 5) is 34.3. The number of para-hydroxylation sites is 1. The second kappa shape index (κ2) is 9.67. The molecular formula is C22H25ClN4O2. The lowest BCUT2D eigenvalue weighted by Crippen LogP contribution is -2.34. The normalized spacial score (nSPS) is 11.2. The zero-order chi connectivity index (χ0) is 20.8. The number of carbonyl (C=O) groups is 1. The van der Waals surface area contributed by atoms with Crippen molar-refractivity contribution in [3.8, 4) is 0 Å². The van der Waals surface area contributed by atoms with Crippen LogP contribution in [0.4, 0.5) is 5.69 Å². The van der Waals surface area contributed by atoms with E-state index in [1.807, 2.05) is 42.2 Å². The molecule has 6 nitrogen and oxygen atoms in total. The van der Waals surface area contributed by atoms with Crippen LogP contribution >= 0.6 is 11.6 Å². The Bertz CT molecular complexity index is 1060. The van der Waals surface area contributed by atoms with Gasteiger partial charge in [0.25, 0.3) is 5.56 Å². The first kappa shape index (κ1) is 21.0. The molecule has 1 amide bonds. The number of unbranched alkanes of at least 4 members (excludes halogenated alkanes) is 1. The second-order valence-corrected chi connectivity index (χ2v) is 7.46. The molecule has 0 bridgehead atoms. The molecule has 7 heteroatoms. The predicted molar refractivity (Wildman–Crippen MR) is 117 cm³/mol. The van der Waals surface area contributed by atoms with Gasteiger partial charge in [-0.05, 0) is 49.7 Å². The van der Waals surface area contributed by atoms with Crippen molar-refractivity contribution in [3.05, 3.63) is 69.2 Å². The van der Waals surface area contributed by atoms with Crippen molar-refractivity contribution in [2.75, 3.05) is 18.4 Å². The number of aromatic nitrogens is 2. The minimum Gasteiger partial charge on any atom is -0.325 e. The minimum absolute atomic E-state index is 0.130. The number of aromatic amines is 1. The summed E-state index contributed by atoms with van der Waals surface area (Å²) in [5.74, 6) is 0.422. The molecule has 0 saturated carbocycles. The molecule has 1 aromatic heterocycles. The average molecular weight is 413 g/mol. The summed E-state index contributed by atoms with van der Waals surface area (Å²) in [5, 5.41) is 4.10. The third-order valence-electron chi connectivity index (χ3n) is 4.77. The van der Waals surface area contributed by atoms with Gasteiger partial charge in [0, 0.05) is 10.7 Å². The van der Waals surface area contributed by atoms with Gasteiger partial charge in [0.15, 0.2) is 0 Å². The lowest BCUT2D eigenvalue weighted by atomic mass is 10.2. The lowest BCUT2D eigenvalue weighted by Gasteiger charge is -2.21. The van der Waals surface area contributed by atoms with Crippen molar-refractivity contribution in [2.45, 2.75) is 33.2 Å². The van der Waals surface area contributed by atoms with E-state index in [0.717, 1.165) is 24.9 Å². The Balaban J connectivity index is 1.75. The lowest BCUT2D eigenvalue weighted by molar-refractivity contribution is -0.117. The van der Waals surface area contributed by atoms with E-state index in [-0.39, 0.29) is 18.0 Å². The summed E-state index contributed by atoms with van der Waals surface area (Å²) in [6.45, 7) is 5.29. The number of rotatable bonds is 8. The Labute approximate surface area is 174 Å². The third kappa shape index (κ3) is 5.43. The number of hydrogen-bond acceptors (Lipinski definition) is 4. The number of benzene rings is 2. The fraction of sp³-hybridized carbons (Fsp3) is 0.318. The number of hydrogen-bond donors (Lipinski definition) is 2. The monoisotopic (exact) mass is 412 g/mol. The molecule has 0 fully saturated rings. The first-order valence-electron chi connectivity index (χ1n) is 9.73. The van der Waals surface area contributed by atoms with Crippen LogP contribution < -0.4 is 10.9 Å². The van der Waals surface area contributed by atoms with Crippen molar-refractivity contribution in [1.29, 1.82) is 0 Å².